The van der Waals surface area contributed by atoms with Gasteiger partial charge >= 0.3 is 5.97 Å². The summed E-state index contributed by atoms with van der Waals surface area (Å²) in [6.07, 6.45) is 0. The number of carbonyl (C=O) groups is 1. The molecule has 1 N–H and O–H groups in total. The molecule has 0 aliphatic heterocycles. The Labute approximate surface area is 125 Å². The SMILES string of the molecule is Cc1cc(C#N)nc(Sc2nc(C)cc(C)c2C(=O)O)n1. The van der Waals surface area contributed by atoms with Gasteiger partial charge in [0.25, 0.3) is 0 Å². The lowest BCUT2D eigenvalue weighted by Crippen LogP contribution is -2.06. The average molecular weight is 300 g/mol. The third-order valence-corrected chi connectivity index (χ3v) is 3.52. The molecule has 2 aromatic rings. The lowest BCUT2D eigenvalue weighted by molar-refractivity contribution is 0.0691. The number of nitrogens with zero attached hydrogens (tertiary/aromatic N) is 4. The highest BCUT2D eigenvalue weighted by molar-refractivity contribution is 7.99. The highest BCUT2D eigenvalue weighted by Crippen LogP contribution is 2.29. The number of pyridine rings is 1. The Kier molecular flexibility index (Phi) is 4.19. The minimum Gasteiger partial charge on any atom is -0.478 e. The maximum absolute atomic E-state index is 11.4. The van der Waals surface area contributed by atoms with Gasteiger partial charge in [0.1, 0.15) is 16.8 Å². The van der Waals surface area contributed by atoms with Crippen molar-refractivity contribution in [3.63, 3.8) is 0 Å². The number of nitriles is 1. The van der Waals surface area contributed by atoms with E-state index in [1.807, 2.05) is 6.07 Å². The molecular formula is C14H12N4O2S. The molecule has 0 unspecified atom stereocenters. The molecule has 0 aliphatic carbocycles. The van der Waals surface area contributed by atoms with Gasteiger partial charge in [-0.3, -0.25) is 0 Å². The van der Waals surface area contributed by atoms with E-state index in [0.717, 1.165) is 11.8 Å². The summed E-state index contributed by atoms with van der Waals surface area (Å²) < 4.78 is 0. The topological polar surface area (TPSA) is 99.8 Å². The van der Waals surface area contributed by atoms with Crippen molar-refractivity contribution in [3.8, 4) is 6.07 Å². The van der Waals surface area contributed by atoms with Crippen LogP contribution in [0.25, 0.3) is 0 Å². The monoisotopic (exact) mass is 300 g/mol. The first-order valence-corrected chi connectivity index (χ1v) is 6.87. The van der Waals surface area contributed by atoms with E-state index in [-0.39, 0.29) is 11.3 Å². The van der Waals surface area contributed by atoms with E-state index in [1.165, 1.54) is 0 Å². The van der Waals surface area contributed by atoms with Crippen LogP contribution in [-0.2, 0) is 0 Å². The van der Waals surface area contributed by atoms with E-state index in [0.29, 0.717) is 27.1 Å². The fourth-order valence-electron chi connectivity index (χ4n) is 1.87. The fraction of sp³-hybridized carbons (Fsp3) is 0.214. The maximum Gasteiger partial charge on any atom is 0.338 e. The van der Waals surface area contributed by atoms with Gasteiger partial charge in [-0.25, -0.2) is 19.7 Å². The van der Waals surface area contributed by atoms with Gasteiger partial charge in [-0.1, -0.05) is 0 Å². The molecule has 0 spiro atoms. The normalized spacial score (nSPS) is 10.2. The molecule has 0 fully saturated rings. The third kappa shape index (κ3) is 3.35. The Morgan fingerprint density at radius 3 is 2.48 bits per heavy atom. The largest absolute Gasteiger partial charge is 0.478 e. The zero-order chi connectivity index (χ0) is 15.6. The second-order valence-electron chi connectivity index (χ2n) is 4.46. The molecule has 0 bridgehead atoms. The summed E-state index contributed by atoms with van der Waals surface area (Å²) in [7, 11) is 0. The first-order chi connectivity index (χ1) is 9.90. The summed E-state index contributed by atoms with van der Waals surface area (Å²) in [4.78, 5) is 23.9. The lowest BCUT2D eigenvalue weighted by Gasteiger charge is -2.08. The Morgan fingerprint density at radius 2 is 1.86 bits per heavy atom. The number of carboxylic acids is 1. The molecule has 0 atom stereocenters. The van der Waals surface area contributed by atoms with Crippen LogP contribution in [0.4, 0.5) is 0 Å². The van der Waals surface area contributed by atoms with Crippen molar-refractivity contribution in [2.75, 3.05) is 0 Å². The smallest absolute Gasteiger partial charge is 0.338 e. The van der Waals surface area contributed by atoms with Gasteiger partial charge in [-0.05, 0) is 50.2 Å². The van der Waals surface area contributed by atoms with Gasteiger partial charge in [-0.2, -0.15) is 5.26 Å². The maximum atomic E-state index is 11.4. The Balaban J connectivity index is 2.51. The summed E-state index contributed by atoms with van der Waals surface area (Å²) in [5, 5.41) is 18.9. The van der Waals surface area contributed by atoms with Crippen LogP contribution < -0.4 is 0 Å². The predicted octanol–water partition coefficient (Wildman–Crippen LogP) is 2.52. The van der Waals surface area contributed by atoms with Crippen LogP contribution in [0.2, 0.25) is 0 Å². The summed E-state index contributed by atoms with van der Waals surface area (Å²) >= 11 is 1.05. The molecule has 0 saturated heterocycles. The number of carboxylic acid groups (broad SMARTS) is 1. The average Bonchev–Trinajstić information content (AvgIpc) is 2.36. The molecular weight excluding hydrogens is 288 g/mol. The molecule has 7 heteroatoms. The van der Waals surface area contributed by atoms with E-state index in [4.69, 9.17) is 5.26 Å². The Hall–Kier alpha value is -2.46. The molecule has 0 aliphatic rings. The molecule has 106 valence electrons. The zero-order valence-corrected chi connectivity index (χ0v) is 12.5. The number of aromatic nitrogens is 3. The van der Waals surface area contributed by atoms with Crippen LogP contribution >= 0.6 is 11.8 Å². The Morgan fingerprint density at radius 1 is 1.19 bits per heavy atom. The van der Waals surface area contributed by atoms with Crippen LogP contribution in [-0.4, -0.2) is 26.0 Å². The van der Waals surface area contributed by atoms with Crippen molar-refractivity contribution in [2.24, 2.45) is 0 Å². The van der Waals surface area contributed by atoms with Gasteiger partial charge in [0.2, 0.25) is 0 Å². The molecule has 0 aromatic carbocycles. The van der Waals surface area contributed by atoms with Gasteiger partial charge in [0.15, 0.2) is 5.16 Å². The third-order valence-electron chi connectivity index (χ3n) is 2.66. The second kappa shape index (κ2) is 5.89. The van der Waals surface area contributed by atoms with E-state index in [1.54, 1.807) is 32.9 Å². The number of aryl methyl sites for hydroxylation is 3. The van der Waals surface area contributed by atoms with Gasteiger partial charge in [0.05, 0.1) is 5.56 Å². The van der Waals surface area contributed by atoms with Crippen LogP contribution in [0.15, 0.2) is 22.3 Å². The molecule has 21 heavy (non-hydrogen) atoms. The molecule has 0 radical (unpaired) electrons. The molecule has 6 nitrogen and oxygen atoms in total. The molecule has 2 rings (SSSR count). The summed E-state index contributed by atoms with van der Waals surface area (Å²) in [6.45, 7) is 5.26. The van der Waals surface area contributed by atoms with E-state index in [9.17, 15) is 9.90 Å². The van der Waals surface area contributed by atoms with Crippen molar-refractivity contribution >= 4 is 17.7 Å². The van der Waals surface area contributed by atoms with Gasteiger partial charge in [-0.15, -0.1) is 0 Å². The predicted molar refractivity (Wildman–Crippen MR) is 76.3 cm³/mol. The van der Waals surface area contributed by atoms with Crippen molar-refractivity contribution in [2.45, 2.75) is 31.0 Å². The van der Waals surface area contributed by atoms with Crippen LogP contribution in [0.5, 0.6) is 0 Å². The van der Waals surface area contributed by atoms with E-state index < -0.39 is 5.97 Å². The van der Waals surface area contributed by atoms with Crippen molar-refractivity contribution in [3.05, 3.63) is 40.3 Å². The summed E-state index contributed by atoms with van der Waals surface area (Å²) in [5.41, 5.74) is 2.37. The van der Waals surface area contributed by atoms with Crippen LogP contribution in [0.3, 0.4) is 0 Å². The molecule has 0 amide bonds. The number of rotatable bonds is 3. The summed E-state index contributed by atoms with van der Waals surface area (Å²) in [5.74, 6) is -1.05. The minimum absolute atomic E-state index is 0.134. The number of hydrogen-bond acceptors (Lipinski definition) is 6. The Bertz CT molecular complexity index is 768. The molecule has 0 saturated carbocycles. The molecule has 2 heterocycles. The van der Waals surface area contributed by atoms with Gasteiger partial charge < -0.3 is 5.11 Å². The second-order valence-corrected chi connectivity index (χ2v) is 5.41. The van der Waals surface area contributed by atoms with Crippen LogP contribution in [0, 0.1) is 32.1 Å². The fourth-order valence-corrected chi connectivity index (χ4v) is 2.91. The highest BCUT2D eigenvalue weighted by atomic mass is 32.2. The first kappa shape index (κ1) is 14.9. The van der Waals surface area contributed by atoms with E-state index >= 15 is 0 Å². The number of aromatic carboxylic acids is 1. The molecule has 2 aromatic heterocycles. The lowest BCUT2D eigenvalue weighted by atomic mass is 10.1. The standard InChI is InChI=1S/C14H12N4O2S/c1-7-4-8(2)16-12(11(7)13(19)20)21-14-17-9(3)5-10(6-15)18-14/h4-5H,1-3H3,(H,19,20). The zero-order valence-electron chi connectivity index (χ0n) is 11.7. The van der Waals surface area contributed by atoms with Gasteiger partial charge in [0, 0.05) is 11.4 Å². The quantitative estimate of drug-likeness (QED) is 0.869. The van der Waals surface area contributed by atoms with Crippen molar-refractivity contribution < 1.29 is 9.90 Å². The summed E-state index contributed by atoms with van der Waals surface area (Å²) in [6, 6.07) is 5.23. The highest BCUT2D eigenvalue weighted by Gasteiger charge is 2.18. The van der Waals surface area contributed by atoms with Crippen LogP contribution in [0.1, 0.15) is 33.0 Å². The van der Waals surface area contributed by atoms with Crippen molar-refractivity contribution in [1.29, 1.82) is 5.26 Å². The van der Waals surface area contributed by atoms with E-state index in [2.05, 4.69) is 15.0 Å². The number of hydrogen-bond donors (Lipinski definition) is 1. The minimum atomic E-state index is -1.05. The van der Waals surface area contributed by atoms with Crippen molar-refractivity contribution in [1.82, 2.24) is 15.0 Å². The first-order valence-electron chi connectivity index (χ1n) is 6.06.